The van der Waals surface area contributed by atoms with E-state index in [9.17, 15) is 13.2 Å². The van der Waals surface area contributed by atoms with E-state index in [4.69, 9.17) is 91.7 Å². The van der Waals surface area contributed by atoms with Crippen molar-refractivity contribution in [2.24, 2.45) is 0 Å². The van der Waals surface area contributed by atoms with Gasteiger partial charge in [-0.25, -0.2) is 13.2 Å². The highest BCUT2D eigenvalue weighted by atomic mass is 35.5. The van der Waals surface area contributed by atoms with Gasteiger partial charge in [0.25, 0.3) is 0 Å². The van der Waals surface area contributed by atoms with Crippen LogP contribution in [0.5, 0.6) is 0 Å². The van der Waals surface area contributed by atoms with Crippen molar-refractivity contribution in [3.8, 4) is 12.1 Å². The maximum Gasteiger partial charge on any atom is 0.166 e. The topological polar surface area (TPSA) is 47.6 Å². The van der Waals surface area contributed by atoms with Crippen molar-refractivity contribution in [3.63, 3.8) is 0 Å². The zero-order valence-corrected chi connectivity index (χ0v) is 17.0. The van der Waals surface area contributed by atoms with Gasteiger partial charge >= 0.3 is 0 Å². The van der Waals surface area contributed by atoms with Gasteiger partial charge in [0, 0.05) is 0 Å². The van der Waals surface area contributed by atoms with Crippen molar-refractivity contribution >= 4 is 81.2 Å². The summed E-state index contributed by atoms with van der Waals surface area (Å²) in [5.74, 6) is -4.29. The molecule has 2 aromatic rings. The first-order valence-corrected chi connectivity index (χ1v) is 8.48. The molecule has 26 heavy (non-hydrogen) atoms. The molecule has 0 saturated carbocycles. The van der Waals surface area contributed by atoms with Gasteiger partial charge in [0.05, 0.1) is 30.7 Å². The van der Waals surface area contributed by atoms with Crippen molar-refractivity contribution < 1.29 is 13.2 Å². The Morgan fingerprint density at radius 2 is 0.769 bits per heavy atom. The van der Waals surface area contributed by atoms with Gasteiger partial charge in [-0.3, -0.25) is 0 Å². The van der Waals surface area contributed by atoms with E-state index in [1.54, 1.807) is 6.07 Å². The average molecular weight is 501 g/mol. The minimum atomic E-state index is -1.44. The SMILES string of the molecule is N#Cc1c(Cl)c(Cl)c(Cl)c(Cl)c1Cl.N#Cc1c(F)c(Cl)c(F)c(Cl)c1F. The molecule has 0 bridgehead atoms. The molecule has 0 fully saturated rings. The smallest absolute Gasteiger partial charge is 0.166 e. The normalized spacial score (nSPS) is 9.85. The van der Waals surface area contributed by atoms with Crippen LogP contribution < -0.4 is 0 Å². The molecule has 0 N–H and O–H groups in total. The van der Waals surface area contributed by atoms with Gasteiger partial charge in [-0.2, -0.15) is 10.5 Å². The zero-order chi connectivity index (χ0) is 20.3. The Morgan fingerprint density at radius 3 is 1.08 bits per heavy atom. The number of benzene rings is 2. The molecule has 0 saturated heterocycles. The van der Waals surface area contributed by atoms with E-state index in [2.05, 4.69) is 0 Å². The Balaban J connectivity index is 0.000000260. The molecule has 0 aliphatic rings. The quantitative estimate of drug-likeness (QED) is 0.271. The molecule has 0 aliphatic carbocycles. The van der Waals surface area contributed by atoms with Gasteiger partial charge in [0.1, 0.15) is 27.7 Å². The molecule has 0 unspecified atom stereocenters. The van der Waals surface area contributed by atoms with Crippen LogP contribution in [0.15, 0.2) is 0 Å². The lowest BCUT2D eigenvalue weighted by Crippen LogP contribution is -1.96. The second-order valence-electron chi connectivity index (χ2n) is 4.11. The summed E-state index contributed by atoms with van der Waals surface area (Å²) in [6.07, 6.45) is 0. The highest BCUT2D eigenvalue weighted by Gasteiger charge is 2.22. The van der Waals surface area contributed by atoms with Crippen LogP contribution >= 0.6 is 81.2 Å². The lowest BCUT2D eigenvalue weighted by Gasteiger charge is -2.06. The number of halogens is 10. The van der Waals surface area contributed by atoms with Gasteiger partial charge in [-0.15, -0.1) is 0 Å². The molecule has 12 heteroatoms. The number of rotatable bonds is 0. The van der Waals surface area contributed by atoms with Gasteiger partial charge in [0.15, 0.2) is 17.5 Å². The monoisotopic (exact) mass is 498 g/mol. The van der Waals surface area contributed by atoms with Crippen LogP contribution in [0, 0.1) is 40.1 Å². The fourth-order valence-electron chi connectivity index (χ4n) is 1.41. The zero-order valence-electron chi connectivity index (χ0n) is 11.7. The summed E-state index contributed by atoms with van der Waals surface area (Å²) in [4.78, 5) is 0. The summed E-state index contributed by atoms with van der Waals surface area (Å²) in [5, 5.41) is 15.1. The highest BCUT2D eigenvalue weighted by molar-refractivity contribution is 6.55. The first-order chi connectivity index (χ1) is 12.0. The van der Waals surface area contributed by atoms with Gasteiger partial charge in [0.2, 0.25) is 0 Å². The van der Waals surface area contributed by atoms with Gasteiger partial charge in [-0.05, 0) is 0 Å². The minimum absolute atomic E-state index is 0.0172. The summed E-state index contributed by atoms with van der Waals surface area (Å²) >= 11 is 38.6. The standard InChI is InChI=1S/C7Cl5N.C7Cl2F3N/c8-3-2(1-13)4(9)6(11)7(12)5(3)10;8-3-5(10)2(1-13)6(11)4(9)7(3)12. The molecule has 0 heterocycles. The van der Waals surface area contributed by atoms with E-state index in [0.29, 0.717) is 0 Å². The van der Waals surface area contributed by atoms with E-state index in [1.165, 1.54) is 6.07 Å². The van der Waals surface area contributed by atoms with Crippen molar-refractivity contribution in [3.05, 3.63) is 63.7 Å². The van der Waals surface area contributed by atoms with Crippen LogP contribution in [0.2, 0.25) is 35.2 Å². The largest absolute Gasteiger partial charge is 0.204 e. The third-order valence-electron chi connectivity index (χ3n) is 2.64. The predicted octanol–water partition coefficient (Wildman–Crippen LogP) is 8.11. The van der Waals surface area contributed by atoms with Crippen LogP contribution in [0.4, 0.5) is 13.2 Å². The van der Waals surface area contributed by atoms with Gasteiger partial charge in [-0.1, -0.05) is 81.2 Å². The van der Waals surface area contributed by atoms with Crippen LogP contribution in [-0.4, -0.2) is 0 Å². The molecule has 0 spiro atoms. The van der Waals surface area contributed by atoms with E-state index in [0.717, 1.165) is 0 Å². The third kappa shape index (κ3) is 4.38. The second kappa shape index (κ2) is 9.44. The maximum absolute atomic E-state index is 12.8. The highest BCUT2D eigenvalue weighted by Crippen LogP contribution is 2.43. The first kappa shape index (κ1) is 23.3. The predicted molar refractivity (Wildman–Crippen MR) is 97.3 cm³/mol. The molecule has 0 atom stereocenters. The fourth-order valence-corrected chi connectivity index (χ4v) is 3.06. The van der Waals surface area contributed by atoms with E-state index in [1.807, 2.05) is 0 Å². The summed E-state index contributed by atoms with van der Waals surface area (Å²) in [5.41, 5.74) is -0.959. The Kier molecular flexibility index (Phi) is 8.45. The number of nitrogens with zero attached hydrogens (tertiary/aromatic N) is 2. The Labute approximate surface area is 180 Å². The minimum Gasteiger partial charge on any atom is -0.204 e. The Morgan fingerprint density at radius 1 is 0.462 bits per heavy atom. The summed E-state index contributed by atoms with van der Waals surface area (Å²) in [7, 11) is 0. The maximum atomic E-state index is 12.8. The second-order valence-corrected chi connectivity index (χ2v) is 6.76. The molecule has 0 aliphatic heterocycles. The van der Waals surface area contributed by atoms with E-state index in [-0.39, 0.29) is 30.7 Å². The van der Waals surface area contributed by atoms with Crippen LogP contribution in [0.1, 0.15) is 11.1 Å². The molecule has 0 aromatic heterocycles. The molecular formula is C14Cl7F3N2. The van der Waals surface area contributed by atoms with Gasteiger partial charge < -0.3 is 0 Å². The van der Waals surface area contributed by atoms with Crippen molar-refractivity contribution in [1.82, 2.24) is 0 Å². The van der Waals surface area contributed by atoms with Crippen molar-refractivity contribution in [2.75, 3.05) is 0 Å². The van der Waals surface area contributed by atoms with Crippen LogP contribution in [0.3, 0.4) is 0 Å². The number of hydrogen-bond acceptors (Lipinski definition) is 2. The van der Waals surface area contributed by atoms with Crippen molar-refractivity contribution in [1.29, 1.82) is 10.5 Å². The molecule has 2 nitrogen and oxygen atoms in total. The summed E-state index contributed by atoms with van der Waals surface area (Å²) < 4.78 is 38.3. The van der Waals surface area contributed by atoms with E-state index >= 15 is 0 Å². The molecule has 0 amide bonds. The fraction of sp³-hybridized carbons (Fsp3) is 0. The summed E-state index contributed by atoms with van der Waals surface area (Å²) in [6.45, 7) is 0. The van der Waals surface area contributed by atoms with Crippen molar-refractivity contribution in [2.45, 2.75) is 0 Å². The summed E-state index contributed by atoms with van der Waals surface area (Å²) in [6, 6.07) is 2.97. The third-order valence-corrected chi connectivity index (χ3v) is 5.58. The molecule has 0 radical (unpaired) electrons. The number of hydrogen-bond donors (Lipinski definition) is 0. The Hall–Kier alpha value is -0.760. The Bertz CT molecular complexity index is 843. The number of nitriles is 2. The average Bonchev–Trinajstić information content (AvgIpc) is 2.63. The molecule has 2 aromatic carbocycles. The lowest BCUT2D eigenvalue weighted by atomic mass is 10.2. The molecule has 136 valence electrons. The molecule has 2 rings (SSSR count). The van der Waals surface area contributed by atoms with E-state index < -0.39 is 33.1 Å². The first-order valence-electron chi connectivity index (χ1n) is 5.84. The van der Waals surface area contributed by atoms with Crippen LogP contribution in [0.25, 0.3) is 0 Å². The van der Waals surface area contributed by atoms with Crippen LogP contribution in [-0.2, 0) is 0 Å². The lowest BCUT2D eigenvalue weighted by molar-refractivity contribution is 0.540. The molecular weight excluding hydrogens is 501 g/mol.